The van der Waals surface area contributed by atoms with Crippen molar-refractivity contribution in [1.82, 2.24) is 5.06 Å². The molecule has 0 aromatic heterocycles. The predicted octanol–water partition coefficient (Wildman–Crippen LogP) is 6.24. The number of amides is 1. The average Bonchev–Trinajstić information content (AvgIpc) is 3.00. The Bertz CT molecular complexity index is 675. The summed E-state index contributed by atoms with van der Waals surface area (Å²) in [5.74, 6) is -1.88. The van der Waals surface area contributed by atoms with Crippen molar-refractivity contribution in [3.05, 3.63) is 0 Å². The average molecular weight is 642 g/mol. The van der Waals surface area contributed by atoms with Gasteiger partial charge in [-0.2, -0.15) is 0 Å². The van der Waals surface area contributed by atoms with Crippen LogP contribution in [0.3, 0.4) is 0 Å². The maximum Gasteiger partial charge on any atom is 0.361 e. The molecule has 0 aromatic rings. The van der Waals surface area contributed by atoms with Gasteiger partial charge in [-0.25, -0.2) is 5.06 Å². The van der Waals surface area contributed by atoms with Crippen LogP contribution in [0.4, 0.5) is 0 Å². The lowest BCUT2D eigenvalue weighted by molar-refractivity contribution is -0.212. The van der Waals surface area contributed by atoms with Gasteiger partial charge in [0.05, 0.1) is 26.4 Å². The summed E-state index contributed by atoms with van der Waals surface area (Å²) in [6.45, 7) is 13.7. The molecule has 12 heteroatoms. The SMILES string of the molecule is CCCCO[C@@H]([C@H](CN(C=O)OCCCC)OCCCC)[C@H](OCCCC)C(O)C(O)P(=O)(OCCCC)OCCCC. The van der Waals surface area contributed by atoms with E-state index in [4.69, 9.17) is 28.1 Å². The van der Waals surface area contributed by atoms with E-state index in [2.05, 4.69) is 0 Å². The first-order chi connectivity index (χ1) is 20.8. The quantitative estimate of drug-likeness (QED) is 0.0376. The second-order valence-electron chi connectivity index (χ2n) is 10.9. The Kier molecular flexibility index (Phi) is 27.3. The molecule has 0 aliphatic carbocycles. The summed E-state index contributed by atoms with van der Waals surface area (Å²) in [5.41, 5.74) is 0. The minimum atomic E-state index is -4.16. The van der Waals surface area contributed by atoms with Gasteiger partial charge < -0.3 is 33.5 Å². The van der Waals surface area contributed by atoms with E-state index in [1.807, 2.05) is 41.5 Å². The van der Waals surface area contributed by atoms with Gasteiger partial charge in [0.25, 0.3) is 0 Å². The molecule has 0 heterocycles. The summed E-state index contributed by atoms with van der Waals surface area (Å²) in [6, 6.07) is 0. The first kappa shape index (κ1) is 42.4. The van der Waals surface area contributed by atoms with Crippen LogP contribution in [0.15, 0.2) is 0 Å². The fourth-order valence-corrected chi connectivity index (χ4v) is 5.70. The number of aliphatic hydroxyl groups is 2. The zero-order valence-corrected chi connectivity index (χ0v) is 28.8. The summed E-state index contributed by atoms with van der Waals surface area (Å²) in [5, 5.41) is 24.3. The third-order valence-electron chi connectivity index (χ3n) is 6.87. The molecular weight excluding hydrogens is 577 g/mol. The van der Waals surface area contributed by atoms with Crippen molar-refractivity contribution < 1.29 is 47.7 Å². The number of aliphatic hydroxyl groups excluding tert-OH is 2. The first-order valence-corrected chi connectivity index (χ1v) is 18.4. The topological polar surface area (TPSA) is 133 Å². The van der Waals surface area contributed by atoms with Crippen LogP contribution in [-0.4, -0.2) is 98.1 Å². The van der Waals surface area contributed by atoms with E-state index in [0.29, 0.717) is 45.5 Å². The van der Waals surface area contributed by atoms with E-state index in [1.165, 1.54) is 5.06 Å². The Morgan fingerprint density at radius 3 is 1.51 bits per heavy atom. The van der Waals surface area contributed by atoms with Crippen LogP contribution < -0.4 is 0 Å². The van der Waals surface area contributed by atoms with Gasteiger partial charge in [0, 0.05) is 19.8 Å². The van der Waals surface area contributed by atoms with Crippen LogP contribution >= 0.6 is 7.60 Å². The fraction of sp³-hybridized carbons (Fsp3) is 0.968. The molecular formula is C31H64NO10P. The molecule has 2 N–H and O–H groups in total. The Balaban J connectivity index is 6.50. The van der Waals surface area contributed by atoms with E-state index in [9.17, 15) is 19.6 Å². The van der Waals surface area contributed by atoms with Gasteiger partial charge >= 0.3 is 7.60 Å². The summed E-state index contributed by atoms with van der Waals surface area (Å²) < 4.78 is 44.0. The highest BCUT2D eigenvalue weighted by Crippen LogP contribution is 2.54. The maximum absolute atomic E-state index is 13.9. The van der Waals surface area contributed by atoms with Gasteiger partial charge in [0.15, 0.2) is 5.85 Å². The number of hydroxylamine groups is 2. The highest BCUT2D eigenvalue weighted by atomic mass is 31.2. The van der Waals surface area contributed by atoms with Crippen LogP contribution in [0.25, 0.3) is 0 Å². The molecule has 5 atom stereocenters. The Morgan fingerprint density at radius 2 is 1.05 bits per heavy atom. The van der Waals surface area contributed by atoms with Crippen LogP contribution in [0, 0.1) is 0 Å². The first-order valence-electron chi connectivity index (χ1n) is 16.7. The lowest BCUT2D eigenvalue weighted by atomic mass is 10.0. The van der Waals surface area contributed by atoms with E-state index >= 15 is 0 Å². The minimum absolute atomic E-state index is 0.0157. The largest absolute Gasteiger partial charge is 0.387 e. The second-order valence-corrected chi connectivity index (χ2v) is 13.0. The highest BCUT2D eigenvalue weighted by Gasteiger charge is 2.48. The van der Waals surface area contributed by atoms with Crippen molar-refractivity contribution in [3.8, 4) is 0 Å². The van der Waals surface area contributed by atoms with E-state index in [0.717, 1.165) is 57.8 Å². The van der Waals surface area contributed by atoms with Gasteiger partial charge in [0.2, 0.25) is 6.41 Å². The fourth-order valence-electron chi connectivity index (χ4n) is 4.01. The third-order valence-corrected chi connectivity index (χ3v) is 8.91. The van der Waals surface area contributed by atoms with Crippen molar-refractivity contribution in [2.75, 3.05) is 46.2 Å². The van der Waals surface area contributed by atoms with Crippen molar-refractivity contribution in [2.24, 2.45) is 0 Å². The van der Waals surface area contributed by atoms with Crippen LogP contribution in [0.5, 0.6) is 0 Å². The number of unbranched alkanes of at least 4 members (excludes halogenated alkanes) is 6. The standard InChI is InChI=1S/C31H64NO10P/c1-7-13-19-37-27(25-32(26-33)40-22-16-10-4)29(38-20-14-8-2)30(39-21-15-9-3)28(34)31(35)43(36,41-23-17-11-5)42-24-18-12-6/h26-31,34-35H,7-25H2,1-6H3/t27-,28?,29-,30+,31?/m0/s1. The molecule has 43 heavy (non-hydrogen) atoms. The predicted molar refractivity (Wildman–Crippen MR) is 169 cm³/mol. The third kappa shape index (κ3) is 18.2. The maximum atomic E-state index is 13.9. The smallest absolute Gasteiger partial charge is 0.361 e. The summed E-state index contributed by atoms with van der Waals surface area (Å²) >= 11 is 0. The molecule has 0 fully saturated rings. The number of carbonyl (C=O) groups is 1. The number of hydrogen-bond donors (Lipinski definition) is 2. The summed E-state index contributed by atoms with van der Waals surface area (Å²) in [6.07, 6.45) is 5.38. The molecule has 0 rings (SSSR count). The molecule has 0 aliphatic rings. The van der Waals surface area contributed by atoms with Gasteiger partial charge in [-0.05, 0) is 38.5 Å². The van der Waals surface area contributed by atoms with Gasteiger partial charge in [-0.15, -0.1) is 0 Å². The monoisotopic (exact) mass is 641 g/mol. The van der Waals surface area contributed by atoms with E-state index in [-0.39, 0.29) is 26.4 Å². The number of hydrogen-bond acceptors (Lipinski definition) is 10. The van der Waals surface area contributed by atoms with Crippen molar-refractivity contribution >= 4 is 14.0 Å². The lowest BCUT2D eigenvalue weighted by Crippen LogP contribution is -2.55. The molecule has 258 valence electrons. The molecule has 0 spiro atoms. The molecule has 0 aromatic carbocycles. The van der Waals surface area contributed by atoms with Gasteiger partial charge in [-0.1, -0.05) is 80.1 Å². The van der Waals surface area contributed by atoms with Crippen LogP contribution in [0.2, 0.25) is 0 Å². The number of rotatable bonds is 32. The highest BCUT2D eigenvalue weighted by molar-refractivity contribution is 7.54. The molecule has 0 bridgehead atoms. The van der Waals surface area contributed by atoms with Crippen LogP contribution in [0.1, 0.15) is 119 Å². The molecule has 0 saturated carbocycles. The number of nitrogens with zero attached hydrogens (tertiary/aromatic N) is 1. The Labute approximate surface area is 261 Å². The number of carbonyl (C=O) groups excluding carboxylic acids is 1. The lowest BCUT2D eigenvalue weighted by Gasteiger charge is -2.39. The molecule has 2 unspecified atom stereocenters. The molecule has 0 saturated heterocycles. The normalized spacial score (nSPS) is 15.6. The summed E-state index contributed by atoms with van der Waals surface area (Å²) in [7, 11) is -4.16. The summed E-state index contributed by atoms with van der Waals surface area (Å²) in [4.78, 5) is 17.7. The molecule has 11 nitrogen and oxygen atoms in total. The van der Waals surface area contributed by atoms with Crippen molar-refractivity contribution in [1.29, 1.82) is 0 Å². The molecule has 0 aliphatic heterocycles. The molecule has 1 amide bonds. The van der Waals surface area contributed by atoms with E-state index in [1.54, 1.807) is 0 Å². The van der Waals surface area contributed by atoms with Crippen molar-refractivity contribution in [2.45, 2.75) is 149 Å². The second kappa shape index (κ2) is 27.7. The zero-order valence-electron chi connectivity index (χ0n) is 28.0. The van der Waals surface area contributed by atoms with Gasteiger partial charge in [0.1, 0.15) is 24.4 Å². The Hall–Kier alpha value is -0.620. The zero-order chi connectivity index (χ0) is 32.3. The molecule has 0 radical (unpaired) electrons. The number of ether oxygens (including phenoxy) is 3. The van der Waals surface area contributed by atoms with Crippen LogP contribution in [-0.2, 0) is 37.5 Å². The minimum Gasteiger partial charge on any atom is -0.387 e. The van der Waals surface area contributed by atoms with E-state index < -0.39 is 37.9 Å². The van der Waals surface area contributed by atoms with Crippen molar-refractivity contribution in [3.63, 3.8) is 0 Å². The Morgan fingerprint density at radius 1 is 0.628 bits per heavy atom. The van der Waals surface area contributed by atoms with Gasteiger partial charge in [-0.3, -0.25) is 14.2 Å².